The second-order valence-corrected chi connectivity index (χ2v) is 34.8. The second-order valence-electron chi connectivity index (χ2n) is 34.8. The Labute approximate surface area is 685 Å². The van der Waals surface area contributed by atoms with Gasteiger partial charge in [0.15, 0.2) is 0 Å². The van der Waals surface area contributed by atoms with Crippen LogP contribution in [-0.4, -0.2) is 20.1 Å². The van der Waals surface area contributed by atoms with E-state index < -0.39 is 0 Å². The van der Waals surface area contributed by atoms with Crippen LogP contribution in [0.5, 0.6) is 0 Å². The molecule has 0 spiro atoms. The van der Waals surface area contributed by atoms with Gasteiger partial charge >= 0.3 is 0 Å². The molecule has 560 valence electrons. The first-order valence-electron chi connectivity index (χ1n) is 41.5. The van der Waals surface area contributed by atoms with Crippen LogP contribution in [0.2, 0.25) is 0 Å². The molecular weight excluding hydrogens is 1400 g/mol. The van der Waals surface area contributed by atoms with E-state index in [4.69, 9.17) is 0 Å². The Kier molecular flexibility index (Phi) is 16.0. The summed E-state index contributed by atoms with van der Waals surface area (Å²) >= 11 is 0. The maximum Gasteiger partial charge on any atom is 0.252 e. The molecule has 6 aliphatic rings. The van der Waals surface area contributed by atoms with Crippen LogP contribution in [0.25, 0.3) is 22.3 Å². The number of fused-ring (bicyclic) bond motifs is 14. The molecule has 6 heterocycles. The third-order valence-electron chi connectivity index (χ3n) is 26.8. The predicted octanol–water partition coefficient (Wildman–Crippen LogP) is 22.5. The van der Waals surface area contributed by atoms with Crippen LogP contribution in [0, 0.1) is 118 Å². The fourth-order valence-corrected chi connectivity index (χ4v) is 20.9. The number of hydrogen-bond acceptors (Lipinski definition) is 6. The highest BCUT2D eigenvalue weighted by molar-refractivity contribution is 7.07. The molecule has 0 radical (unpaired) electrons. The molecule has 0 N–H and O–H groups in total. The van der Waals surface area contributed by atoms with E-state index in [0.29, 0.717) is 0 Å². The fraction of sp³-hybridized carbons (Fsp3) is 0.159. The molecule has 116 heavy (non-hydrogen) atoms. The van der Waals surface area contributed by atoms with Crippen molar-refractivity contribution < 1.29 is 0 Å². The molecule has 9 heteroatoms. The van der Waals surface area contributed by atoms with Gasteiger partial charge in [0.2, 0.25) is 0 Å². The number of hydrogen-bond donors (Lipinski definition) is 0. The Morgan fingerprint density at radius 3 is 0.914 bits per heavy atom. The molecule has 0 atom stereocenters. The third-order valence-corrected chi connectivity index (χ3v) is 26.8. The lowest BCUT2D eigenvalue weighted by Crippen LogP contribution is -2.72. The van der Waals surface area contributed by atoms with Crippen molar-refractivity contribution in [1.29, 1.82) is 0 Å². The normalized spacial score (nSPS) is 13.3. The van der Waals surface area contributed by atoms with E-state index in [1.165, 1.54) is 246 Å². The molecule has 0 bridgehead atoms. The predicted molar refractivity (Wildman–Crippen MR) is 500 cm³/mol. The fourth-order valence-electron chi connectivity index (χ4n) is 20.9. The van der Waals surface area contributed by atoms with Gasteiger partial charge in [-0.3, -0.25) is 0 Å². The average molecular weight is 1500 g/mol. The Hall–Kier alpha value is -12.7. The van der Waals surface area contributed by atoms with Crippen LogP contribution in [0.15, 0.2) is 255 Å². The summed E-state index contributed by atoms with van der Waals surface area (Å²) in [6, 6.07) is 101. The Balaban J connectivity index is 0.954. The molecule has 15 aromatic rings. The maximum atomic E-state index is 2.81. The first kappa shape index (κ1) is 71.1. The molecule has 21 rings (SSSR count). The molecule has 0 fully saturated rings. The summed E-state index contributed by atoms with van der Waals surface area (Å²) in [7, 11) is 0. The van der Waals surface area contributed by atoms with Gasteiger partial charge in [-0.25, -0.2) is 0 Å². The summed E-state index contributed by atoms with van der Waals surface area (Å²) in [6.07, 6.45) is 0. The first-order valence-corrected chi connectivity index (χ1v) is 41.5. The van der Waals surface area contributed by atoms with Crippen molar-refractivity contribution in [2.24, 2.45) is 0 Å². The SMILES string of the molecule is Cc1cccc(N2c3cc(C)ccc3B3c4cc5c6c7c4N(c4cc(-c8ccccc8)ccc4B7c4ccc(-c7ccccc7)cc4N6c4cc(N(c6cc(C)c(C)cc6C)c6cc(C)c(C)cc6C)cc6c4B5c4ccc(C)cc4N6c4cc(C)cc(C)c4)c4cc(N(c5cc(C)c(C)cc5C)c5cc(C)c(C)cc5C)cc2c43)c1. The van der Waals surface area contributed by atoms with Crippen LogP contribution >= 0.6 is 0 Å². The molecule has 6 nitrogen and oxygen atoms in total. The smallest absolute Gasteiger partial charge is 0.252 e. The van der Waals surface area contributed by atoms with Gasteiger partial charge in [0, 0.05) is 91.0 Å². The molecular formula is C107H93B3N6. The van der Waals surface area contributed by atoms with Gasteiger partial charge in [-0.05, 0) is 381 Å². The highest BCUT2D eigenvalue weighted by Gasteiger charge is 2.56. The van der Waals surface area contributed by atoms with Gasteiger partial charge in [-0.2, -0.15) is 0 Å². The van der Waals surface area contributed by atoms with Gasteiger partial charge in [0.05, 0.1) is 11.4 Å². The van der Waals surface area contributed by atoms with E-state index in [2.05, 4.69) is 402 Å². The van der Waals surface area contributed by atoms with E-state index in [0.717, 1.165) is 22.7 Å². The second kappa shape index (κ2) is 26.2. The van der Waals surface area contributed by atoms with Gasteiger partial charge in [0.25, 0.3) is 20.1 Å². The first-order chi connectivity index (χ1) is 56.0. The summed E-state index contributed by atoms with van der Waals surface area (Å²) in [4.78, 5) is 16.2. The summed E-state index contributed by atoms with van der Waals surface area (Å²) in [6.45, 7) is 38.1. The number of aryl methyl sites for hydroxylation is 17. The third kappa shape index (κ3) is 10.7. The van der Waals surface area contributed by atoms with Gasteiger partial charge < -0.3 is 29.4 Å². The number of anilines is 18. The highest BCUT2D eigenvalue weighted by atomic mass is 15.2. The quantitative estimate of drug-likeness (QED) is 0.126. The van der Waals surface area contributed by atoms with E-state index in [1.807, 2.05) is 0 Å². The molecule has 0 saturated carbocycles. The van der Waals surface area contributed by atoms with E-state index >= 15 is 0 Å². The Bertz CT molecular complexity index is 6680. The largest absolute Gasteiger partial charge is 0.312 e. The molecule has 15 aromatic carbocycles. The van der Waals surface area contributed by atoms with Gasteiger partial charge in [-0.1, -0.05) is 158 Å². The lowest BCUT2D eigenvalue weighted by atomic mass is 9.25. The molecule has 6 aliphatic heterocycles. The van der Waals surface area contributed by atoms with Crippen molar-refractivity contribution >= 4 is 172 Å². The molecule has 0 unspecified atom stereocenters. The minimum Gasteiger partial charge on any atom is -0.312 e. The Morgan fingerprint density at radius 2 is 0.526 bits per heavy atom. The summed E-state index contributed by atoms with van der Waals surface area (Å²) < 4.78 is 0. The minimum atomic E-state index is -0.223. The summed E-state index contributed by atoms with van der Waals surface area (Å²) in [5.41, 5.74) is 58.7. The van der Waals surface area contributed by atoms with Crippen LogP contribution < -0.4 is 78.6 Å². The topological polar surface area (TPSA) is 19.4 Å². The number of rotatable bonds is 10. The van der Waals surface area contributed by atoms with Crippen LogP contribution in [0.4, 0.5) is 102 Å². The van der Waals surface area contributed by atoms with Crippen molar-refractivity contribution in [3.63, 3.8) is 0 Å². The zero-order chi connectivity index (χ0) is 79.6. The van der Waals surface area contributed by atoms with Gasteiger partial charge in [-0.15, -0.1) is 0 Å². The van der Waals surface area contributed by atoms with Gasteiger partial charge in [0.1, 0.15) is 0 Å². The molecule has 0 aromatic heterocycles. The standard InChI is InChI=1S/C107H93B3N6/c1-60-25-24-30-81(40-60)111-95-43-61(2)31-35-85(95)109-89-59-90-107-105-106(89)115(101-57-83(55-99(111)103(101)109)112(91-49-69(10)65(6)45-73(91)14)92-50-70(11)66(7)46-74(92)15)97-53-79(77-26-20-18-21-27-77)33-37-87(97)108(105)88-38-34-80(78-28-22-19-23-29-78)54-98(88)116(107)102-58-84(113(93-51-71(12)67(8)47-75(93)16)94-52-72(13)68(9)48-76(94)17)56-100-104(102)110(90)86-36-32-62(3)44-96(86)114(100)82-41-63(4)39-64(5)42-82/h18-59H,1-17H3. The Morgan fingerprint density at radius 1 is 0.198 bits per heavy atom. The van der Waals surface area contributed by atoms with Crippen LogP contribution in [0.3, 0.4) is 0 Å². The van der Waals surface area contributed by atoms with Crippen molar-refractivity contribution in [2.75, 3.05) is 29.4 Å². The highest BCUT2D eigenvalue weighted by Crippen LogP contribution is 2.56. The number of benzene rings is 15. The monoisotopic (exact) mass is 1490 g/mol. The summed E-state index contributed by atoms with van der Waals surface area (Å²) in [5, 5.41) is 0. The van der Waals surface area contributed by atoms with E-state index in [-0.39, 0.29) is 20.1 Å². The molecule has 0 saturated heterocycles. The van der Waals surface area contributed by atoms with Crippen molar-refractivity contribution in [2.45, 2.75) is 118 Å². The lowest BCUT2D eigenvalue weighted by Gasteiger charge is -2.53. The minimum absolute atomic E-state index is 0.210. The lowest BCUT2D eigenvalue weighted by molar-refractivity contribution is 1.17. The van der Waals surface area contributed by atoms with Crippen molar-refractivity contribution in [1.82, 2.24) is 0 Å². The number of nitrogens with zero attached hydrogens (tertiary/aromatic N) is 6. The van der Waals surface area contributed by atoms with Crippen molar-refractivity contribution in [3.05, 3.63) is 349 Å². The zero-order valence-corrected chi connectivity index (χ0v) is 69.7. The van der Waals surface area contributed by atoms with E-state index in [9.17, 15) is 0 Å². The van der Waals surface area contributed by atoms with Crippen LogP contribution in [-0.2, 0) is 0 Å². The molecule has 0 amide bonds. The summed E-state index contributed by atoms with van der Waals surface area (Å²) in [5.74, 6) is 0. The zero-order valence-electron chi connectivity index (χ0n) is 69.7. The molecule has 0 aliphatic carbocycles. The van der Waals surface area contributed by atoms with Crippen molar-refractivity contribution in [3.8, 4) is 22.3 Å². The van der Waals surface area contributed by atoms with Crippen LogP contribution in [0.1, 0.15) is 94.6 Å². The van der Waals surface area contributed by atoms with E-state index in [1.54, 1.807) is 0 Å². The maximum absolute atomic E-state index is 2.81. The average Bonchev–Trinajstić information content (AvgIpc) is 0.655.